The van der Waals surface area contributed by atoms with Gasteiger partial charge in [0.15, 0.2) is 0 Å². The Kier molecular flexibility index (Phi) is 4.99. The second-order valence-electron chi connectivity index (χ2n) is 6.17. The normalized spacial score (nSPS) is 17.6. The quantitative estimate of drug-likeness (QED) is 0.846. The van der Waals surface area contributed by atoms with E-state index in [9.17, 15) is 0 Å². The SMILES string of the molecule is CC(C)(C)c1nc(Br)cc(N2CCN(CCO)CC2)n1. The van der Waals surface area contributed by atoms with Crippen LogP contribution in [0.5, 0.6) is 0 Å². The van der Waals surface area contributed by atoms with Crippen molar-refractivity contribution in [1.29, 1.82) is 0 Å². The molecule has 6 heteroatoms. The fourth-order valence-corrected chi connectivity index (χ4v) is 2.62. The molecule has 20 heavy (non-hydrogen) atoms. The van der Waals surface area contributed by atoms with Crippen molar-refractivity contribution in [3.8, 4) is 0 Å². The number of halogens is 1. The molecule has 0 aliphatic carbocycles. The van der Waals surface area contributed by atoms with Crippen molar-refractivity contribution in [2.24, 2.45) is 0 Å². The Labute approximate surface area is 129 Å². The zero-order chi connectivity index (χ0) is 14.8. The number of aliphatic hydroxyl groups excluding tert-OH is 1. The van der Waals surface area contributed by atoms with E-state index in [0.717, 1.165) is 49.0 Å². The average molecular weight is 343 g/mol. The number of β-amino-alcohol motifs (C(OH)–C–C–N with tert-alkyl or cyclic N) is 1. The van der Waals surface area contributed by atoms with E-state index in [-0.39, 0.29) is 12.0 Å². The van der Waals surface area contributed by atoms with E-state index in [1.54, 1.807) is 0 Å². The van der Waals surface area contributed by atoms with E-state index in [1.807, 2.05) is 6.07 Å². The fraction of sp³-hybridized carbons (Fsp3) is 0.714. The average Bonchev–Trinajstić information content (AvgIpc) is 2.38. The molecular weight excluding hydrogens is 320 g/mol. The molecule has 5 nitrogen and oxygen atoms in total. The van der Waals surface area contributed by atoms with Crippen molar-refractivity contribution >= 4 is 21.7 Å². The monoisotopic (exact) mass is 342 g/mol. The Balaban J connectivity index is 2.12. The van der Waals surface area contributed by atoms with Crippen LogP contribution in [0.25, 0.3) is 0 Å². The van der Waals surface area contributed by atoms with Gasteiger partial charge >= 0.3 is 0 Å². The number of anilines is 1. The number of rotatable bonds is 3. The number of aromatic nitrogens is 2. The summed E-state index contributed by atoms with van der Waals surface area (Å²) in [6.45, 7) is 11.2. The molecule has 1 fully saturated rings. The minimum atomic E-state index is -0.0583. The lowest BCUT2D eigenvalue weighted by Crippen LogP contribution is -2.47. The molecule has 0 bridgehead atoms. The summed E-state index contributed by atoms with van der Waals surface area (Å²) >= 11 is 3.49. The first-order chi connectivity index (χ1) is 9.40. The maximum absolute atomic E-state index is 8.98. The van der Waals surface area contributed by atoms with E-state index in [0.29, 0.717) is 0 Å². The van der Waals surface area contributed by atoms with Crippen LogP contribution in [0.3, 0.4) is 0 Å². The van der Waals surface area contributed by atoms with E-state index >= 15 is 0 Å². The molecule has 112 valence electrons. The smallest absolute Gasteiger partial charge is 0.137 e. The van der Waals surface area contributed by atoms with Crippen LogP contribution in [0.2, 0.25) is 0 Å². The Morgan fingerprint density at radius 3 is 2.40 bits per heavy atom. The van der Waals surface area contributed by atoms with Crippen LogP contribution in [0.15, 0.2) is 10.7 Å². The van der Waals surface area contributed by atoms with E-state index in [2.05, 4.69) is 51.5 Å². The zero-order valence-corrected chi connectivity index (χ0v) is 14.0. The highest BCUT2D eigenvalue weighted by Crippen LogP contribution is 2.24. The summed E-state index contributed by atoms with van der Waals surface area (Å²) in [4.78, 5) is 13.8. The summed E-state index contributed by atoms with van der Waals surface area (Å²) in [5.74, 6) is 1.85. The van der Waals surface area contributed by atoms with E-state index in [1.165, 1.54) is 0 Å². The van der Waals surface area contributed by atoms with Crippen LogP contribution >= 0.6 is 15.9 Å². The van der Waals surface area contributed by atoms with Crippen molar-refractivity contribution in [2.45, 2.75) is 26.2 Å². The standard InChI is InChI=1S/C14H23BrN4O/c1-14(2,3)13-16-11(15)10-12(17-13)19-6-4-18(5-7-19)8-9-20/h10,20H,4-9H2,1-3H3. The maximum atomic E-state index is 8.98. The largest absolute Gasteiger partial charge is 0.395 e. The van der Waals surface area contributed by atoms with Gasteiger partial charge in [-0.1, -0.05) is 20.8 Å². The third-order valence-electron chi connectivity index (χ3n) is 3.46. The first kappa shape index (κ1) is 15.7. The zero-order valence-electron chi connectivity index (χ0n) is 12.4. The summed E-state index contributed by atoms with van der Waals surface area (Å²) in [6, 6.07) is 1.98. The van der Waals surface area contributed by atoms with Gasteiger partial charge in [0.1, 0.15) is 16.2 Å². The van der Waals surface area contributed by atoms with Crippen molar-refractivity contribution in [3.05, 3.63) is 16.5 Å². The van der Waals surface area contributed by atoms with Gasteiger partial charge in [-0.05, 0) is 15.9 Å². The summed E-state index contributed by atoms with van der Waals surface area (Å²) in [7, 11) is 0. The highest BCUT2D eigenvalue weighted by molar-refractivity contribution is 9.10. The van der Waals surface area contributed by atoms with Gasteiger partial charge in [-0.25, -0.2) is 9.97 Å². The number of piperazine rings is 1. The Morgan fingerprint density at radius 1 is 1.20 bits per heavy atom. The molecule has 0 atom stereocenters. The molecule has 2 rings (SSSR count). The molecule has 2 heterocycles. The Hall–Kier alpha value is -0.720. The third-order valence-corrected chi connectivity index (χ3v) is 3.87. The lowest BCUT2D eigenvalue weighted by molar-refractivity contribution is 0.188. The van der Waals surface area contributed by atoms with E-state index < -0.39 is 0 Å². The number of hydrogen-bond acceptors (Lipinski definition) is 5. The van der Waals surface area contributed by atoms with Crippen LogP contribution in [0, 0.1) is 0 Å². The van der Waals surface area contributed by atoms with Gasteiger partial charge in [0, 0.05) is 44.2 Å². The maximum Gasteiger partial charge on any atom is 0.137 e. The molecule has 1 aliphatic heterocycles. The Morgan fingerprint density at radius 2 is 1.85 bits per heavy atom. The first-order valence-corrected chi connectivity index (χ1v) is 7.82. The van der Waals surface area contributed by atoms with Crippen LogP contribution < -0.4 is 4.90 Å². The van der Waals surface area contributed by atoms with Crippen molar-refractivity contribution in [1.82, 2.24) is 14.9 Å². The van der Waals surface area contributed by atoms with Gasteiger partial charge in [0.05, 0.1) is 6.61 Å². The second-order valence-corrected chi connectivity index (χ2v) is 6.99. The molecule has 0 amide bonds. The lowest BCUT2D eigenvalue weighted by atomic mass is 9.96. The predicted octanol–water partition coefficient (Wildman–Crippen LogP) is 1.65. The molecular formula is C14H23BrN4O. The number of nitrogens with zero attached hydrogens (tertiary/aromatic N) is 4. The van der Waals surface area contributed by atoms with Gasteiger partial charge in [-0.15, -0.1) is 0 Å². The van der Waals surface area contributed by atoms with Crippen LogP contribution in [0.4, 0.5) is 5.82 Å². The Bertz CT molecular complexity index is 453. The topological polar surface area (TPSA) is 52.5 Å². The summed E-state index contributed by atoms with van der Waals surface area (Å²) in [6.07, 6.45) is 0. The van der Waals surface area contributed by atoms with Crippen LogP contribution in [0.1, 0.15) is 26.6 Å². The summed E-state index contributed by atoms with van der Waals surface area (Å²) in [5.41, 5.74) is -0.0583. The molecule has 0 spiro atoms. The number of hydrogen-bond donors (Lipinski definition) is 1. The van der Waals surface area contributed by atoms with Gasteiger partial charge in [0.2, 0.25) is 0 Å². The first-order valence-electron chi connectivity index (χ1n) is 7.03. The highest BCUT2D eigenvalue weighted by Gasteiger charge is 2.22. The molecule has 0 aromatic carbocycles. The highest BCUT2D eigenvalue weighted by atomic mass is 79.9. The van der Waals surface area contributed by atoms with Gasteiger partial charge in [-0.3, -0.25) is 4.90 Å². The summed E-state index contributed by atoms with van der Waals surface area (Å²) in [5, 5.41) is 8.98. The molecule has 1 N–H and O–H groups in total. The van der Waals surface area contributed by atoms with Crippen LogP contribution in [-0.4, -0.2) is 59.3 Å². The van der Waals surface area contributed by atoms with Crippen molar-refractivity contribution in [3.63, 3.8) is 0 Å². The van der Waals surface area contributed by atoms with E-state index in [4.69, 9.17) is 10.1 Å². The van der Waals surface area contributed by atoms with Gasteiger partial charge in [-0.2, -0.15) is 0 Å². The molecule has 0 radical (unpaired) electrons. The van der Waals surface area contributed by atoms with Gasteiger partial charge < -0.3 is 10.0 Å². The molecule has 1 saturated heterocycles. The third kappa shape index (κ3) is 3.90. The molecule has 0 unspecified atom stereocenters. The van der Waals surface area contributed by atoms with Gasteiger partial charge in [0.25, 0.3) is 0 Å². The van der Waals surface area contributed by atoms with Crippen LogP contribution in [-0.2, 0) is 5.41 Å². The minimum Gasteiger partial charge on any atom is -0.395 e. The second kappa shape index (κ2) is 6.37. The molecule has 0 saturated carbocycles. The molecule has 1 aromatic rings. The molecule has 1 aliphatic rings. The predicted molar refractivity (Wildman–Crippen MR) is 84.2 cm³/mol. The fourth-order valence-electron chi connectivity index (χ4n) is 2.25. The lowest BCUT2D eigenvalue weighted by Gasteiger charge is -2.35. The van der Waals surface area contributed by atoms with Crippen molar-refractivity contribution < 1.29 is 5.11 Å². The summed E-state index contributed by atoms with van der Waals surface area (Å²) < 4.78 is 0.838. The molecule has 1 aromatic heterocycles. The van der Waals surface area contributed by atoms with Crippen molar-refractivity contribution in [2.75, 3.05) is 44.2 Å². The minimum absolute atomic E-state index is 0.0583. The number of aliphatic hydroxyl groups is 1.